The van der Waals surface area contributed by atoms with Crippen molar-refractivity contribution in [2.75, 3.05) is 0 Å². The van der Waals surface area contributed by atoms with Crippen LogP contribution in [0.1, 0.15) is 0 Å². The largest absolute Gasteiger partial charge is 0.349 e. The van der Waals surface area contributed by atoms with Crippen molar-refractivity contribution in [2.45, 2.75) is 6.54 Å². The lowest BCUT2D eigenvalue weighted by Crippen LogP contribution is -1.92. The monoisotopic (exact) mass is 250 g/mol. The van der Waals surface area contributed by atoms with Crippen LogP contribution in [0.5, 0.6) is 0 Å². The zero-order valence-electron chi connectivity index (χ0n) is 10.5. The molecule has 1 aromatic carbocycles. The standard InChI is InChI=1S/C15H14N4/c1-16-15-7-8-17-19(15)10-4-9-18-11-13-5-2-3-6-14(13)12-18/h2-8,10-12H,1,9H2/b10-4-. The quantitative estimate of drug-likeness (QED) is 0.654. The zero-order valence-corrected chi connectivity index (χ0v) is 10.5. The number of hydrogen-bond acceptors (Lipinski definition) is 2. The summed E-state index contributed by atoms with van der Waals surface area (Å²) >= 11 is 0. The first-order chi connectivity index (χ1) is 9.36. The number of rotatable bonds is 4. The highest BCUT2D eigenvalue weighted by atomic mass is 15.3. The Kier molecular flexibility index (Phi) is 2.98. The van der Waals surface area contributed by atoms with E-state index in [4.69, 9.17) is 0 Å². The van der Waals surface area contributed by atoms with Crippen LogP contribution in [0.25, 0.3) is 17.0 Å². The van der Waals surface area contributed by atoms with Gasteiger partial charge in [0.2, 0.25) is 0 Å². The van der Waals surface area contributed by atoms with Gasteiger partial charge in [0.1, 0.15) is 0 Å². The maximum absolute atomic E-state index is 4.15. The normalized spacial score (nSPS) is 11.4. The van der Waals surface area contributed by atoms with Crippen LogP contribution in [-0.4, -0.2) is 21.1 Å². The van der Waals surface area contributed by atoms with Gasteiger partial charge >= 0.3 is 0 Å². The molecule has 0 saturated carbocycles. The van der Waals surface area contributed by atoms with Gasteiger partial charge in [0.15, 0.2) is 5.82 Å². The Balaban J connectivity index is 1.77. The molecule has 4 nitrogen and oxygen atoms in total. The van der Waals surface area contributed by atoms with E-state index in [2.05, 4.69) is 45.9 Å². The molecular weight excluding hydrogens is 236 g/mol. The molecule has 3 rings (SSSR count). The molecule has 4 heteroatoms. The van der Waals surface area contributed by atoms with Crippen LogP contribution in [0.15, 0.2) is 60.0 Å². The number of allylic oxidation sites excluding steroid dienone is 1. The number of aliphatic imine (C=N–C) groups is 1. The highest BCUT2D eigenvalue weighted by Gasteiger charge is 1.96. The van der Waals surface area contributed by atoms with Gasteiger partial charge in [-0.05, 0) is 23.6 Å². The first-order valence-electron chi connectivity index (χ1n) is 6.08. The minimum Gasteiger partial charge on any atom is -0.349 e. The van der Waals surface area contributed by atoms with Gasteiger partial charge in [0.25, 0.3) is 0 Å². The summed E-state index contributed by atoms with van der Waals surface area (Å²) in [7, 11) is 0. The van der Waals surface area contributed by atoms with Crippen molar-refractivity contribution in [1.82, 2.24) is 14.3 Å². The van der Waals surface area contributed by atoms with Crippen molar-refractivity contribution in [3.63, 3.8) is 0 Å². The molecule has 0 saturated heterocycles. The molecule has 0 atom stereocenters. The zero-order chi connectivity index (χ0) is 13.1. The van der Waals surface area contributed by atoms with E-state index in [-0.39, 0.29) is 0 Å². The Morgan fingerprint density at radius 1 is 1.16 bits per heavy atom. The van der Waals surface area contributed by atoms with E-state index >= 15 is 0 Å². The molecule has 94 valence electrons. The lowest BCUT2D eigenvalue weighted by Gasteiger charge is -1.97. The molecule has 19 heavy (non-hydrogen) atoms. The van der Waals surface area contributed by atoms with E-state index in [0.29, 0.717) is 0 Å². The topological polar surface area (TPSA) is 35.1 Å². The Morgan fingerprint density at radius 2 is 1.89 bits per heavy atom. The average molecular weight is 250 g/mol. The van der Waals surface area contributed by atoms with Crippen LogP contribution in [0.4, 0.5) is 5.82 Å². The summed E-state index contributed by atoms with van der Waals surface area (Å²) in [6, 6.07) is 10.1. The minimum absolute atomic E-state index is 0.744. The molecule has 0 aliphatic heterocycles. The van der Waals surface area contributed by atoms with Crippen molar-refractivity contribution in [3.05, 3.63) is 55.0 Å². The first-order valence-corrected chi connectivity index (χ1v) is 6.08. The molecular formula is C15H14N4. The molecule has 2 aromatic heterocycles. The van der Waals surface area contributed by atoms with E-state index in [1.165, 1.54) is 10.8 Å². The van der Waals surface area contributed by atoms with E-state index in [1.54, 1.807) is 10.9 Å². The van der Waals surface area contributed by atoms with Gasteiger partial charge in [0, 0.05) is 31.2 Å². The summed E-state index contributed by atoms with van der Waals surface area (Å²) < 4.78 is 3.85. The van der Waals surface area contributed by atoms with Gasteiger partial charge in [-0.1, -0.05) is 24.3 Å². The molecule has 2 heterocycles. The summed E-state index contributed by atoms with van der Waals surface area (Å²) in [5.74, 6) is 0.744. The smallest absolute Gasteiger partial charge is 0.154 e. The van der Waals surface area contributed by atoms with Gasteiger partial charge in [-0.25, -0.2) is 9.67 Å². The van der Waals surface area contributed by atoms with E-state index in [9.17, 15) is 0 Å². The van der Waals surface area contributed by atoms with Gasteiger partial charge in [-0.3, -0.25) is 0 Å². The van der Waals surface area contributed by atoms with Crippen LogP contribution in [0, 0.1) is 0 Å². The first kappa shape index (κ1) is 11.5. The Bertz CT molecular complexity index is 700. The third-order valence-corrected chi connectivity index (χ3v) is 2.98. The van der Waals surface area contributed by atoms with E-state index in [0.717, 1.165) is 12.4 Å². The van der Waals surface area contributed by atoms with Crippen LogP contribution in [0.3, 0.4) is 0 Å². The summed E-state index contributed by atoms with van der Waals surface area (Å²) in [6.45, 7) is 4.31. The Hall–Kier alpha value is -2.62. The predicted molar refractivity (Wildman–Crippen MR) is 78.7 cm³/mol. The molecule has 0 bridgehead atoms. The van der Waals surface area contributed by atoms with Crippen LogP contribution in [0.2, 0.25) is 0 Å². The van der Waals surface area contributed by atoms with Gasteiger partial charge in [-0.2, -0.15) is 5.10 Å². The highest BCUT2D eigenvalue weighted by molar-refractivity contribution is 5.82. The molecule has 0 radical (unpaired) electrons. The lowest BCUT2D eigenvalue weighted by molar-refractivity contribution is 0.828. The maximum Gasteiger partial charge on any atom is 0.154 e. The van der Waals surface area contributed by atoms with Gasteiger partial charge < -0.3 is 4.57 Å². The minimum atomic E-state index is 0.744. The molecule has 0 N–H and O–H groups in total. The van der Waals surface area contributed by atoms with Gasteiger partial charge in [0.05, 0.1) is 6.20 Å². The third kappa shape index (κ3) is 2.33. The number of aromatic nitrogens is 3. The summed E-state index contributed by atoms with van der Waals surface area (Å²) in [6.07, 6.45) is 9.92. The molecule has 0 fully saturated rings. The second-order valence-corrected chi connectivity index (χ2v) is 4.26. The van der Waals surface area contributed by atoms with E-state index < -0.39 is 0 Å². The van der Waals surface area contributed by atoms with Crippen LogP contribution in [-0.2, 0) is 6.54 Å². The molecule has 0 aliphatic carbocycles. The molecule has 0 unspecified atom stereocenters. The van der Waals surface area contributed by atoms with E-state index in [1.807, 2.05) is 30.5 Å². The van der Waals surface area contributed by atoms with Crippen molar-refractivity contribution in [1.29, 1.82) is 0 Å². The van der Waals surface area contributed by atoms with Crippen molar-refractivity contribution in [2.24, 2.45) is 4.99 Å². The summed E-state index contributed by atoms with van der Waals surface area (Å²) in [4.78, 5) is 3.88. The summed E-state index contributed by atoms with van der Waals surface area (Å²) in [5, 5.41) is 6.65. The number of nitrogens with zero attached hydrogens (tertiary/aromatic N) is 4. The fraction of sp³-hybridized carbons (Fsp3) is 0.0667. The number of fused-ring (bicyclic) bond motifs is 1. The molecule has 3 aromatic rings. The van der Waals surface area contributed by atoms with Crippen molar-refractivity contribution in [3.8, 4) is 0 Å². The Labute approximate surface area is 111 Å². The Morgan fingerprint density at radius 3 is 2.58 bits per heavy atom. The highest BCUT2D eigenvalue weighted by Crippen LogP contribution is 2.14. The molecule has 0 aliphatic rings. The van der Waals surface area contributed by atoms with Gasteiger partial charge in [-0.15, -0.1) is 0 Å². The van der Waals surface area contributed by atoms with Crippen molar-refractivity contribution >= 4 is 29.5 Å². The average Bonchev–Trinajstić information content (AvgIpc) is 3.04. The third-order valence-electron chi connectivity index (χ3n) is 2.98. The fourth-order valence-corrected chi connectivity index (χ4v) is 2.06. The predicted octanol–water partition coefficient (Wildman–Crippen LogP) is 3.34. The molecule has 0 spiro atoms. The second kappa shape index (κ2) is 4.94. The number of benzene rings is 1. The van der Waals surface area contributed by atoms with Crippen LogP contribution < -0.4 is 0 Å². The summed E-state index contributed by atoms with van der Waals surface area (Å²) in [5.41, 5.74) is 0. The number of hydrogen-bond donors (Lipinski definition) is 0. The van der Waals surface area contributed by atoms with Crippen LogP contribution >= 0.6 is 0 Å². The fourth-order valence-electron chi connectivity index (χ4n) is 2.06. The maximum atomic E-state index is 4.15. The SMILES string of the molecule is C=Nc1ccnn1/C=C\Cn1cc2ccccc2c1. The second-order valence-electron chi connectivity index (χ2n) is 4.26. The lowest BCUT2D eigenvalue weighted by atomic mass is 10.2. The molecule has 0 amide bonds. The van der Waals surface area contributed by atoms with Crippen molar-refractivity contribution < 1.29 is 0 Å².